The Morgan fingerprint density at radius 3 is 2.75 bits per heavy atom. The van der Waals surface area contributed by atoms with Crippen LogP contribution in [-0.4, -0.2) is 28.9 Å². The Balaban J connectivity index is 2.95. The highest BCUT2D eigenvalue weighted by Crippen LogP contribution is 2.10. The SMILES string of the molecule is CC(C)(CC(N)=O)NC(=O)c1ncccc1C#CCN. The minimum atomic E-state index is -0.751. The first-order chi connectivity index (χ1) is 9.35. The van der Waals surface area contributed by atoms with Crippen molar-refractivity contribution in [2.75, 3.05) is 6.54 Å². The Bertz CT molecular complexity index is 570. The molecule has 1 rings (SSSR count). The molecule has 0 bridgehead atoms. The van der Waals surface area contributed by atoms with Gasteiger partial charge in [0.05, 0.1) is 12.1 Å². The monoisotopic (exact) mass is 274 g/mol. The molecule has 6 heteroatoms. The van der Waals surface area contributed by atoms with Gasteiger partial charge in [-0.05, 0) is 26.0 Å². The van der Waals surface area contributed by atoms with Crippen molar-refractivity contribution < 1.29 is 9.59 Å². The van der Waals surface area contributed by atoms with Crippen LogP contribution in [0.15, 0.2) is 18.3 Å². The fourth-order valence-corrected chi connectivity index (χ4v) is 1.68. The van der Waals surface area contributed by atoms with Crippen molar-refractivity contribution in [3.63, 3.8) is 0 Å². The van der Waals surface area contributed by atoms with Crippen molar-refractivity contribution in [3.05, 3.63) is 29.6 Å². The third kappa shape index (κ3) is 4.71. The zero-order valence-corrected chi connectivity index (χ0v) is 11.6. The summed E-state index contributed by atoms with van der Waals surface area (Å²) in [4.78, 5) is 27.2. The van der Waals surface area contributed by atoms with E-state index in [1.807, 2.05) is 0 Å². The molecule has 0 aliphatic rings. The molecule has 1 aromatic rings. The molecule has 0 aliphatic heterocycles. The van der Waals surface area contributed by atoms with Crippen molar-refractivity contribution in [1.82, 2.24) is 10.3 Å². The second-order valence-electron chi connectivity index (χ2n) is 4.89. The number of pyridine rings is 1. The van der Waals surface area contributed by atoms with Gasteiger partial charge in [0.2, 0.25) is 5.91 Å². The lowest BCUT2D eigenvalue weighted by Gasteiger charge is -2.24. The van der Waals surface area contributed by atoms with Gasteiger partial charge in [-0.25, -0.2) is 4.98 Å². The summed E-state index contributed by atoms with van der Waals surface area (Å²) >= 11 is 0. The maximum atomic E-state index is 12.2. The Morgan fingerprint density at radius 1 is 1.45 bits per heavy atom. The number of carbonyl (C=O) groups excluding carboxylic acids is 2. The second kappa shape index (κ2) is 6.68. The van der Waals surface area contributed by atoms with E-state index in [1.54, 1.807) is 26.0 Å². The number of primary amides is 1. The molecule has 0 saturated heterocycles. The number of carbonyl (C=O) groups is 2. The first kappa shape index (κ1) is 15.7. The van der Waals surface area contributed by atoms with Gasteiger partial charge in [0.25, 0.3) is 5.91 Å². The molecule has 0 fully saturated rings. The fraction of sp³-hybridized carbons (Fsp3) is 0.357. The van der Waals surface area contributed by atoms with Gasteiger partial charge < -0.3 is 16.8 Å². The molecular formula is C14H18N4O2. The third-order valence-electron chi connectivity index (χ3n) is 2.42. The Kier molecular flexibility index (Phi) is 5.23. The molecule has 0 unspecified atom stereocenters. The molecule has 0 spiro atoms. The number of nitrogens with one attached hydrogen (secondary N) is 1. The molecule has 0 radical (unpaired) electrons. The van der Waals surface area contributed by atoms with Gasteiger partial charge in [0.1, 0.15) is 5.69 Å². The van der Waals surface area contributed by atoms with Crippen LogP contribution in [0.5, 0.6) is 0 Å². The highest BCUT2D eigenvalue weighted by atomic mass is 16.2. The number of hydrogen-bond donors (Lipinski definition) is 3. The van der Waals surface area contributed by atoms with E-state index in [2.05, 4.69) is 22.1 Å². The fourth-order valence-electron chi connectivity index (χ4n) is 1.68. The summed E-state index contributed by atoms with van der Waals surface area (Å²) in [5.74, 6) is 4.58. The van der Waals surface area contributed by atoms with Gasteiger partial charge >= 0.3 is 0 Å². The first-order valence-electron chi connectivity index (χ1n) is 6.10. The lowest BCUT2D eigenvalue weighted by Crippen LogP contribution is -2.46. The van der Waals surface area contributed by atoms with E-state index in [4.69, 9.17) is 11.5 Å². The molecule has 5 N–H and O–H groups in total. The lowest BCUT2D eigenvalue weighted by molar-refractivity contribution is -0.119. The number of nitrogens with two attached hydrogens (primary N) is 2. The molecular weight excluding hydrogens is 256 g/mol. The smallest absolute Gasteiger partial charge is 0.271 e. The first-order valence-corrected chi connectivity index (χ1v) is 6.10. The average Bonchev–Trinajstić information content (AvgIpc) is 2.34. The predicted octanol–water partition coefficient (Wildman–Crippen LogP) is -0.224. The van der Waals surface area contributed by atoms with Gasteiger partial charge in [-0.2, -0.15) is 0 Å². The highest BCUT2D eigenvalue weighted by Gasteiger charge is 2.24. The summed E-state index contributed by atoms with van der Waals surface area (Å²) in [6.07, 6.45) is 1.54. The molecule has 1 aromatic heterocycles. The van der Waals surface area contributed by atoms with Crippen LogP contribution in [-0.2, 0) is 4.79 Å². The van der Waals surface area contributed by atoms with Crippen LogP contribution in [0.2, 0.25) is 0 Å². The van der Waals surface area contributed by atoms with Crippen LogP contribution >= 0.6 is 0 Å². The van der Waals surface area contributed by atoms with Crippen LogP contribution in [0.1, 0.15) is 36.3 Å². The molecule has 0 aliphatic carbocycles. The van der Waals surface area contributed by atoms with E-state index in [0.29, 0.717) is 5.56 Å². The summed E-state index contributed by atoms with van der Waals surface area (Å²) in [7, 11) is 0. The summed E-state index contributed by atoms with van der Waals surface area (Å²) < 4.78 is 0. The summed E-state index contributed by atoms with van der Waals surface area (Å²) in [5.41, 5.74) is 10.4. The van der Waals surface area contributed by atoms with Gasteiger partial charge in [-0.3, -0.25) is 9.59 Å². The molecule has 6 nitrogen and oxygen atoms in total. The lowest BCUT2D eigenvalue weighted by atomic mass is 9.99. The largest absolute Gasteiger partial charge is 0.370 e. The minimum Gasteiger partial charge on any atom is -0.370 e. The zero-order valence-electron chi connectivity index (χ0n) is 11.6. The van der Waals surface area contributed by atoms with Crippen LogP contribution in [0, 0.1) is 11.8 Å². The molecule has 106 valence electrons. The molecule has 0 aromatic carbocycles. The summed E-state index contributed by atoms with van der Waals surface area (Å²) in [5, 5.41) is 2.72. The average molecular weight is 274 g/mol. The van der Waals surface area contributed by atoms with Crippen molar-refractivity contribution >= 4 is 11.8 Å². The summed E-state index contributed by atoms with van der Waals surface area (Å²) in [6.45, 7) is 3.62. The molecule has 20 heavy (non-hydrogen) atoms. The number of nitrogens with zero attached hydrogens (tertiary/aromatic N) is 1. The number of hydrogen-bond acceptors (Lipinski definition) is 4. The zero-order chi connectivity index (χ0) is 15.2. The number of amides is 2. The van der Waals surface area contributed by atoms with Crippen molar-refractivity contribution in [3.8, 4) is 11.8 Å². The standard InChI is InChI=1S/C14H18N4O2/c1-14(2,9-11(16)19)18-13(20)12-10(5-3-7-15)6-4-8-17-12/h4,6,8H,7,9,15H2,1-2H3,(H2,16,19)(H,18,20). The van der Waals surface area contributed by atoms with Gasteiger partial charge in [0.15, 0.2) is 0 Å². The Labute approximate surface area is 117 Å². The van der Waals surface area contributed by atoms with Gasteiger partial charge in [-0.15, -0.1) is 0 Å². The highest BCUT2D eigenvalue weighted by molar-refractivity contribution is 5.95. The topological polar surface area (TPSA) is 111 Å². The number of rotatable bonds is 4. The van der Waals surface area contributed by atoms with Crippen molar-refractivity contribution in [2.24, 2.45) is 11.5 Å². The number of aromatic nitrogens is 1. The minimum absolute atomic E-state index is 0.0371. The summed E-state index contributed by atoms with van der Waals surface area (Å²) in [6, 6.07) is 3.37. The van der Waals surface area contributed by atoms with Crippen LogP contribution in [0.3, 0.4) is 0 Å². The van der Waals surface area contributed by atoms with Gasteiger partial charge in [-0.1, -0.05) is 11.8 Å². The normalized spacial score (nSPS) is 10.3. The molecule has 1 heterocycles. The Hall–Kier alpha value is -2.39. The van der Waals surface area contributed by atoms with Crippen LogP contribution < -0.4 is 16.8 Å². The van der Waals surface area contributed by atoms with Crippen molar-refractivity contribution in [1.29, 1.82) is 0 Å². The quantitative estimate of drug-likeness (QED) is 0.659. The predicted molar refractivity (Wildman–Crippen MR) is 75.5 cm³/mol. The van der Waals surface area contributed by atoms with Crippen LogP contribution in [0.25, 0.3) is 0 Å². The van der Waals surface area contributed by atoms with Crippen LogP contribution in [0.4, 0.5) is 0 Å². The maximum Gasteiger partial charge on any atom is 0.271 e. The Morgan fingerprint density at radius 2 is 2.15 bits per heavy atom. The van der Waals surface area contributed by atoms with E-state index in [9.17, 15) is 9.59 Å². The van der Waals surface area contributed by atoms with E-state index < -0.39 is 17.4 Å². The molecule has 2 amide bonds. The maximum absolute atomic E-state index is 12.2. The van der Waals surface area contributed by atoms with E-state index in [1.165, 1.54) is 6.20 Å². The van der Waals surface area contributed by atoms with E-state index in [-0.39, 0.29) is 18.7 Å². The van der Waals surface area contributed by atoms with Crippen molar-refractivity contribution in [2.45, 2.75) is 25.8 Å². The molecule has 0 saturated carbocycles. The molecule has 0 atom stereocenters. The van der Waals surface area contributed by atoms with E-state index >= 15 is 0 Å². The van der Waals surface area contributed by atoms with E-state index in [0.717, 1.165) is 0 Å². The second-order valence-corrected chi connectivity index (χ2v) is 4.89. The van der Waals surface area contributed by atoms with Gasteiger partial charge in [0, 0.05) is 18.2 Å². The third-order valence-corrected chi connectivity index (χ3v) is 2.42.